The summed E-state index contributed by atoms with van der Waals surface area (Å²) < 4.78 is 11.6. The Kier molecular flexibility index (Phi) is 5.58. The van der Waals surface area contributed by atoms with Crippen molar-refractivity contribution in [3.8, 4) is 0 Å². The molecule has 1 N–H and O–H groups in total. The van der Waals surface area contributed by atoms with Crippen molar-refractivity contribution in [1.29, 1.82) is 0 Å². The fraction of sp³-hybridized carbons (Fsp3) is 0.875. The molecule has 0 bridgehead atoms. The zero-order chi connectivity index (χ0) is 18.2. The molecule has 23 heavy (non-hydrogen) atoms. The molecule has 0 saturated carbocycles. The normalized spacial score (nSPS) is 23.0. The first-order valence-electron chi connectivity index (χ1n) is 8.06. The summed E-state index contributed by atoms with van der Waals surface area (Å²) in [5, 5.41) is 9.57. The van der Waals surface area contributed by atoms with Gasteiger partial charge in [0.15, 0.2) is 14.4 Å². The van der Waals surface area contributed by atoms with E-state index in [-0.39, 0.29) is 5.04 Å². The van der Waals surface area contributed by atoms with Crippen molar-refractivity contribution in [3.05, 3.63) is 0 Å². The van der Waals surface area contributed by atoms with Crippen LogP contribution in [0.4, 0.5) is 4.79 Å². The second-order valence-electron chi connectivity index (χ2n) is 8.66. The highest BCUT2D eigenvalue weighted by atomic mass is 28.4. The van der Waals surface area contributed by atoms with Crippen LogP contribution < -0.4 is 0 Å². The Labute approximate surface area is 140 Å². The summed E-state index contributed by atoms with van der Waals surface area (Å²) in [4.78, 5) is 25.3. The van der Waals surface area contributed by atoms with E-state index in [0.29, 0.717) is 13.0 Å². The van der Waals surface area contributed by atoms with Gasteiger partial charge in [-0.2, -0.15) is 0 Å². The van der Waals surface area contributed by atoms with Crippen LogP contribution in [0.2, 0.25) is 18.1 Å². The smallest absolute Gasteiger partial charge is 0.411 e. The van der Waals surface area contributed by atoms with E-state index in [4.69, 9.17) is 9.16 Å². The number of ether oxygens (including phenoxy) is 1. The van der Waals surface area contributed by atoms with Crippen LogP contribution in [0.5, 0.6) is 0 Å². The van der Waals surface area contributed by atoms with Gasteiger partial charge in [0, 0.05) is 6.54 Å². The van der Waals surface area contributed by atoms with Crippen molar-refractivity contribution in [3.63, 3.8) is 0 Å². The summed E-state index contributed by atoms with van der Waals surface area (Å²) in [5.74, 6) is -1.04. The molecule has 0 aromatic heterocycles. The first kappa shape index (κ1) is 20.0. The number of hydrogen-bond donors (Lipinski definition) is 1. The molecule has 0 unspecified atom stereocenters. The van der Waals surface area contributed by atoms with Gasteiger partial charge in [-0.25, -0.2) is 9.59 Å². The SMILES string of the molecule is CC(C)(C)OC(=O)N1CC[C@H](O[Si](C)(C)C(C)(C)C)[C@H]1C(=O)O. The zero-order valence-electron chi connectivity index (χ0n) is 15.6. The zero-order valence-corrected chi connectivity index (χ0v) is 16.6. The summed E-state index contributed by atoms with van der Waals surface area (Å²) in [6.07, 6.45) is -0.560. The number of nitrogens with zero attached hydrogens (tertiary/aromatic N) is 1. The highest BCUT2D eigenvalue weighted by Crippen LogP contribution is 2.39. The molecular weight excluding hydrogens is 314 g/mol. The van der Waals surface area contributed by atoms with Crippen LogP contribution in [0, 0.1) is 0 Å². The van der Waals surface area contributed by atoms with Crippen molar-refractivity contribution < 1.29 is 23.9 Å². The van der Waals surface area contributed by atoms with Crippen LogP contribution >= 0.6 is 0 Å². The number of carbonyl (C=O) groups is 2. The van der Waals surface area contributed by atoms with E-state index in [9.17, 15) is 14.7 Å². The van der Waals surface area contributed by atoms with E-state index in [1.807, 2.05) is 0 Å². The Bertz CT molecular complexity index is 464. The molecule has 1 heterocycles. The van der Waals surface area contributed by atoms with Crippen LogP contribution in [0.15, 0.2) is 0 Å². The van der Waals surface area contributed by atoms with Gasteiger partial charge in [-0.3, -0.25) is 4.90 Å². The lowest BCUT2D eigenvalue weighted by molar-refractivity contribution is -0.144. The molecule has 1 amide bonds. The van der Waals surface area contributed by atoms with Crippen LogP contribution in [-0.4, -0.2) is 54.7 Å². The molecule has 1 fully saturated rings. The fourth-order valence-corrected chi connectivity index (χ4v) is 3.62. The van der Waals surface area contributed by atoms with E-state index in [0.717, 1.165) is 0 Å². The van der Waals surface area contributed by atoms with Gasteiger partial charge in [-0.05, 0) is 45.3 Å². The summed E-state index contributed by atoms with van der Waals surface area (Å²) in [6, 6.07) is -0.987. The molecule has 134 valence electrons. The van der Waals surface area contributed by atoms with Crippen molar-refractivity contribution in [2.45, 2.75) is 83.8 Å². The van der Waals surface area contributed by atoms with Crippen molar-refractivity contribution in [2.75, 3.05) is 6.54 Å². The fourth-order valence-electron chi connectivity index (χ4n) is 2.26. The maximum atomic E-state index is 12.3. The quantitative estimate of drug-likeness (QED) is 0.793. The molecule has 7 heteroatoms. The molecule has 0 aromatic carbocycles. The molecule has 1 saturated heterocycles. The standard InChI is InChI=1S/C16H31NO5Si/c1-15(2,3)21-14(20)17-10-9-11(12(17)13(18)19)22-23(7,8)16(4,5)6/h11-12H,9-10H2,1-8H3,(H,18,19)/t11-,12-/m0/s1. The van der Waals surface area contributed by atoms with Gasteiger partial charge in [0.2, 0.25) is 0 Å². The molecular formula is C16H31NO5Si. The van der Waals surface area contributed by atoms with Gasteiger partial charge in [0.05, 0.1) is 6.10 Å². The largest absolute Gasteiger partial charge is 0.480 e. The van der Waals surface area contributed by atoms with Crippen LogP contribution in [0.3, 0.4) is 0 Å². The molecule has 2 atom stereocenters. The van der Waals surface area contributed by atoms with Crippen molar-refractivity contribution in [1.82, 2.24) is 4.90 Å². The minimum absolute atomic E-state index is 0.0185. The van der Waals surface area contributed by atoms with E-state index in [2.05, 4.69) is 33.9 Å². The predicted octanol–water partition coefficient (Wildman–Crippen LogP) is 3.47. The lowest BCUT2D eigenvalue weighted by Gasteiger charge is -2.39. The number of hydrogen-bond acceptors (Lipinski definition) is 4. The molecule has 0 aliphatic carbocycles. The first-order chi connectivity index (χ1) is 10.2. The number of carboxylic acid groups (broad SMARTS) is 1. The first-order valence-corrected chi connectivity index (χ1v) is 11.0. The van der Waals surface area contributed by atoms with Gasteiger partial charge in [-0.1, -0.05) is 20.8 Å². The van der Waals surface area contributed by atoms with Crippen LogP contribution in [0.25, 0.3) is 0 Å². The van der Waals surface area contributed by atoms with E-state index in [1.165, 1.54) is 4.90 Å². The lowest BCUT2D eigenvalue weighted by atomic mass is 10.2. The molecule has 1 aliphatic heterocycles. The number of carbonyl (C=O) groups excluding carboxylic acids is 1. The van der Waals surface area contributed by atoms with Gasteiger partial charge in [0.1, 0.15) is 5.60 Å². The van der Waals surface area contributed by atoms with Gasteiger partial charge >= 0.3 is 12.1 Å². The Hall–Kier alpha value is -1.08. The Morgan fingerprint density at radius 1 is 1.13 bits per heavy atom. The summed E-state index contributed by atoms with van der Waals surface area (Å²) >= 11 is 0. The third-order valence-corrected chi connectivity index (χ3v) is 8.98. The second kappa shape index (κ2) is 6.43. The maximum Gasteiger partial charge on any atom is 0.411 e. The van der Waals surface area contributed by atoms with Crippen molar-refractivity contribution in [2.24, 2.45) is 0 Å². The number of amides is 1. The van der Waals surface area contributed by atoms with E-state index in [1.54, 1.807) is 20.8 Å². The summed E-state index contributed by atoms with van der Waals surface area (Å²) in [6.45, 7) is 16.1. The second-order valence-corrected chi connectivity index (χ2v) is 13.4. The number of aliphatic carboxylic acids is 1. The van der Waals surface area contributed by atoms with Crippen LogP contribution in [-0.2, 0) is 14.0 Å². The highest BCUT2D eigenvalue weighted by Gasteiger charge is 2.48. The van der Waals surface area contributed by atoms with Gasteiger partial charge < -0.3 is 14.3 Å². The van der Waals surface area contributed by atoms with Gasteiger partial charge in [0.25, 0.3) is 0 Å². The lowest BCUT2D eigenvalue weighted by Crippen LogP contribution is -2.52. The number of carboxylic acids is 1. The van der Waals surface area contributed by atoms with Crippen molar-refractivity contribution >= 4 is 20.4 Å². The average Bonchev–Trinajstić information content (AvgIpc) is 2.67. The molecule has 1 rings (SSSR count). The van der Waals surface area contributed by atoms with Gasteiger partial charge in [-0.15, -0.1) is 0 Å². The van der Waals surface area contributed by atoms with E-state index < -0.39 is 38.1 Å². The minimum Gasteiger partial charge on any atom is -0.480 e. The summed E-state index contributed by atoms with van der Waals surface area (Å²) in [5.41, 5.74) is -0.654. The predicted molar refractivity (Wildman–Crippen MR) is 91.1 cm³/mol. The minimum atomic E-state index is -2.11. The molecule has 0 radical (unpaired) electrons. The third-order valence-electron chi connectivity index (χ3n) is 4.48. The Morgan fingerprint density at radius 2 is 1.65 bits per heavy atom. The molecule has 0 spiro atoms. The van der Waals surface area contributed by atoms with E-state index >= 15 is 0 Å². The topological polar surface area (TPSA) is 76.1 Å². The monoisotopic (exact) mass is 345 g/mol. The summed E-state index contributed by atoms with van der Waals surface area (Å²) in [7, 11) is -2.11. The number of rotatable bonds is 3. The molecule has 6 nitrogen and oxygen atoms in total. The number of likely N-dealkylation sites (tertiary alicyclic amines) is 1. The molecule has 0 aromatic rings. The Morgan fingerprint density at radius 3 is 2.04 bits per heavy atom. The Balaban J connectivity index is 2.93. The van der Waals surface area contributed by atoms with Crippen LogP contribution in [0.1, 0.15) is 48.0 Å². The average molecular weight is 346 g/mol. The highest BCUT2D eigenvalue weighted by molar-refractivity contribution is 6.74. The maximum absolute atomic E-state index is 12.3. The molecule has 1 aliphatic rings. The third kappa shape index (κ3) is 4.94.